The summed E-state index contributed by atoms with van der Waals surface area (Å²) in [6.07, 6.45) is 0. The van der Waals surface area contributed by atoms with Crippen molar-refractivity contribution in [2.45, 2.75) is 33.7 Å². The van der Waals surface area contributed by atoms with Gasteiger partial charge >= 0.3 is 0 Å². The van der Waals surface area contributed by atoms with Gasteiger partial charge in [0.25, 0.3) is 0 Å². The van der Waals surface area contributed by atoms with E-state index in [0.717, 1.165) is 11.6 Å². The van der Waals surface area contributed by atoms with Crippen molar-refractivity contribution in [1.82, 2.24) is 5.32 Å². The van der Waals surface area contributed by atoms with E-state index in [0.29, 0.717) is 6.04 Å². The molecule has 14 heavy (non-hydrogen) atoms. The summed E-state index contributed by atoms with van der Waals surface area (Å²) in [5.74, 6) is 0. The van der Waals surface area contributed by atoms with Gasteiger partial charge in [0, 0.05) is 10.9 Å². The molecule has 1 heterocycles. The fourth-order valence-corrected chi connectivity index (χ4v) is 2.99. The summed E-state index contributed by atoms with van der Waals surface area (Å²) in [4.78, 5) is 1.25. The van der Waals surface area contributed by atoms with Crippen LogP contribution in [-0.2, 0) is 0 Å². The lowest BCUT2D eigenvalue weighted by atomic mass is 9.86. The van der Waals surface area contributed by atoms with Crippen LogP contribution in [0.3, 0.4) is 0 Å². The van der Waals surface area contributed by atoms with Crippen molar-refractivity contribution in [2.24, 2.45) is 5.41 Å². The third-order valence-electron chi connectivity index (χ3n) is 2.18. The molecule has 0 saturated carbocycles. The molecule has 0 fully saturated rings. The maximum Gasteiger partial charge on any atom is 0.0561 e. The second kappa shape index (κ2) is 4.65. The van der Waals surface area contributed by atoms with Crippen LogP contribution in [0.1, 0.15) is 38.6 Å². The zero-order chi connectivity index (χ0) is 10.8. The van der Waals surface area contributed by atoms with Gasteiger partial charge in [-0.3, -0.25) is 0 Å². The van der Waals surface area contributed by atoms with Crippen LogP contribution in [0.15, 0.2) is 11.4 Å². The highest BCUT2D eigenvalue weighted by Crippen LogP contribution is 2.39. The van der Waals surface area contributed by atoms with Gasteiger partial charge in [-0.2, -0.15) is 0 Å². The van der Waals surface area contributed by atoms with Gasteiger partial charge < -0.3 is 5.32 Å². The molecule has 1 unspecified atom stereocenters. The van der Waals surface area contributed by atoms with Crippen LogP contribution in [-0.4, -0.2) is 6.54 Å². The summed E-state index contributed by atoms with van der Waals surface area (Å²) in [7, 11) is 0. The number of hydrogen-bond donors (Lipinski definition) is 1. The van der Waals surface area contributed by atoms with Crippen LogP contribution in [0, 0.1) is 5.41 Å². The molecule has 0 amide bonds. The molecule has 0 saturated heterocycles. The van der Waals surface area contributed by atoms with Crippen molar-refractivity contribution in [3.8, 4) is 0 Å². The standard InChI is InChI=1S/C11H18ClNS/c1-5-13-10(11(2,3)4)9-8(12)6-7-14-9/h6-7,10,13H,5H2,1-4H3. The van der Waals surface area contributed by atoms with Crippen LogP contribution in [0.2, 0.25) is 5.02 Å². The summed E-state index contributed by atoms with van der Waals surface area (Å²) in [5.41, 5.74) is 0.199. The molecule has 0 aliphatic rings. The van der Waals surface area contributed by atoms with Gasteiger partial charge in [0.2, 0.25) is 0 Å². The predicted octanol–water partition coefficient (Wildman–Crippen LogP) is 4.10. The Morgan fingerprint density at radius 2 is 2.14 bits per heavy atom. The van der Waals surface area contributed by atoms with E-state index >= 15 is 0 Å². The molecule has 0 radical (unpaired) electrons. The highest BCUT2D eigenvalue weighted by molar-refractivity contribution is 7.10. The number of halogens is 1. The highest BCUT2D eigenvalue weighted by Gasteiger charge is 2.27. The first kappa shape index (κ1) is 12.0. The lowest BCUT2D eigenvalue weighted by Gasteiger charge is -2.31. The Kier molecular flexibility index (Phi) is 3.99. The fraction of sp³-hybridized carbons (Fsp3) is 0.636. The first-order valence-corrected chi connectivity index (χ1v) is 6.19. The molecule has 1 nitrogen and oxygen atoms in total. The topological polar surface area (TPSA) is 12.0 Å². The van der Waals surface area contributed by atoms with Crippen LogP contribution in [0.5, 0.6) is 0 Å². The summed E-state index contributed by atoms with van der Waals surface area (Å²) in [6, 6.07) is 2.32. The molecule has 1 aromatic rings. The van der Waals surface area contributed by atoms with E-state index < -0.39 is 0 Å². The average Bonchev–Trinajstić information content (AvgIpc) is 2.45. The van der Waals surface area contributed by atoms with Gasteiger partial charge in [0.05, 0.1) is 5.02 Å². The quantitative estimate of drug-likeness (QED) is 0.826. The van der Waals surface area contributed by atoms with E-state index in [-0.39, 0.29) is 5.41 Å². The van der Waals surface area contributed by atoms with Crippen molar-refractivity contribution in [3.63, 3.8) is 0 Å². The van der Waals surface area contributed by atoms with E-state index in [4.69, 9.17) is 11.6 Å². The Hall–Kier alpha value is -0.0500. The molecule has 1 rings (SSSR count). The third-order valence-corrected chi connectivity index (χ3v) is 3.60. The monoisotopic (exact) mass is 231 g/mol. The number of hydrogen-bond acceptors (Lipinski definition) is 2. The summed E-state index contributed by atoms with van der Waals surface area (Å²) in [5, 5.41) is 6.43. The second-order valence-electron chi connectivity index (χ2n) is 4.49. The van der Waals surface area contributed by atoms with E-state index in [1.165, 1.54) is 4.88 Å². The normalized spacial score (nSPS) is 14.4. The SMILES string of the molecule is CCNC(c1sccc1Cl)C(C)(C)C. The minimum absolute atomic E-state index is 0.199. The Morgan fingerprint density at radius 1 is 1.50 bits per heavy atom. The Balaban J connectivity index is 2.95. The van der Waals surface area contributed by atoms with Crippen molar-refractivity contribution in [3.05, 3.63) is 21.3 Å². The Morgan fingerprint density at radius 3 is 2.50 bits per heavy atom. The van der Waals surface area contributed by atoms with Crippen LogP contribution >= 0.6 is 22.9 Å². The van der Waals surface area contributed by atoms with Gasteiger partial charge in [-0.25, -0.2) is 0 Å². The third kappa shape index (κ3) is 2.72. The molecule has 80 valence electrons. The van der Waals surface area contributed by atoms with Gasteiger partial charge in [-0.1, -0.05) is 39.3 Å². The van der Waals surface area contributed by atoms with E-state index in [1.807, 2.05) is 11.4 Å². The lowest BCUT2D eigenvalue weighted by Crippen LogP contribution is -2.31. The number of nitrogens with one attached hydrogen (secondary N) is 1. The van der Waals surface area contributed by atoms with Crippen molar-refractivity contribution in [1.29, 1.82) is 0 Å². The van der Waals surface area contributed by atoms with Crippen LogP contribution < -0.4 is 5.32 Å². The molecular weight excluding hydrogens is 214 g/mol. The summed E-state index contributed by atoms with van der Waals surface area (Å²) >= 11 is 7.88. The van der Waals surface area contributed by atoms with Crippen molar-refractivity contribution in [2.75, 3.05) is 6.54 Å². The largest absolute Gasteiger partial charge is 0.309 e. The molecule has 1 aromatic heterocycles. The fourth-order valence-electron chi connectivity index (χ4n) is 1.51. The molecule has 0 aromatic carbocycles. The van der Waals surface area contributed by atoms with E-state index in [1.54, 1.807) is 11.3 Å². The average molecular weight is 232 g/mol. The smallest absolute Gasteiger partial charge is 0.0561 e. The molecule has 0 aliphatic heterocycles. The van der Waals surface area contributed by atoms with Gasteiger partial charge in [-0.05, 0) is 23.4 Å². The van der Waals surface area contributed by atoms with E-state index in [2.05, 4.69) is 33.0 Å². The van der Waals surface area contributed by atoms with E-state index in [9.17, 15) is 0 Å². The predicted molar refractivity (Wildman–Crippen MR) is 65.2 cm³/mol. The Bertz CT molecular complexity index is 288. The summed E-state index contributed by atoms with van der Waals surface area (Å²) < 4.78 is 0. The van der Waals surface area contributed by atoms with Crippen molar-refractivity contribution >= 4 is 22.9 Å². The van der Waals surface area contributed by atoms with Gasteiger partial charge in [0.15, 0.2) is 0 Å². The molecule has 1 N–H and O–H groups in total. The van der Waals surface area contributed by atoms with Gasteiger partial charge in [0.1, 0.15) is 0 Å². The maximum atomic E-state index is 6.15. The zero-order valence-corrected chi connectivity index (χ0v) is 10.8. The van der Waals surface area contributed by atoms with Crippen LogP contribution in [0.25, 0.3) is 0 Å². The minimum Gasteiger partial charge on any atom is -0.309 e. The second-order valence-corrected chi connectivity index (χ2v) is 5.84. The molecule has 3 heteroatoms. The molecule has 0 bridgehead atoms. The van der Waals surface area contributed by atoms with Crippen LogP contribution in [0.4, 0.5) is 0 Å². The Labute approximate surface area is 95.5 Å². The maximum absolute atomic E-state index is 6.15. The zero-order valence-electron chi connectivity index (χ0n) is 9.23. The molecule has 0 spiro atoms. The highest BCUT2D eigenvalue weighted by atomic mass is 35.5. The number of rotatable bonds is 3. The lowest BCUT2D eigenvalue weighted by molar-refractivity contribution is 0.281. The molecule has 0 aliphatic carbocycles. The minimum atomic E-state index is 0.199. The first-order chi connectivity index (χ1) is 6.46. The van der Waals surface area contributed by atoms with Gasteiger partial charge in [-0.15, -0.1) is 11.3 Å². The summed E-state index contributed by atoms with van der Waals surface area (Å²) in [6.45, 7) is 9.79. The molecule has 1 atom stereocenters. The molecular formula is C11H18ClNS. The number of thiophene rings is 1. The first-order valence-electron chi connectivity index (χ1n) is 4.93. The van der Waals surface area contributed by atoms with Crippen molar-refractivity contribution < 1.29 is 0 Å².